The van der Waals surface area contributed by atoms with Crippen molar-refractivity contribution in [3.63, 3.8) is 0 Å². The quantitative estimate of drug-likeness (QED) is 0.735. The first-order valence-electron chi connectivity index (χ1n) is 5.74. The summed E-state index contributed by atoms with van der Waals surface area (Å²) in [5.41, 5.74) is 7.49. The second kappa shape index (κ2) is 6.04. The van der Waals surface area contributed by atoms with Gasteiger partial charge in [-0.3, -0.25) is 4.72 Å². The van der Waals surface area contributed by atoms with Gasteiger partial charge in [-0.15, -0.1) is 0 Å². The first-order valence-corrected chi connectivity index (χ1v) is 8.77. The Morgan fingerprint density at radius 2 is 1.81 bits per heavy atom. The standard InChI is InChI=1S/C13H11BrCl2N2O2S/c1-7-4-9(14)13(6-12(7)17)18-21(19,20)8-2-3-10(15)11(16)5-8/h2-6,18H,17H2,1H3. The van der Waals surface area contributed by atoms with Crippen molar-refractivity contribution in [3.05, 3.63) is 50.4 Å². The van der Waals surface area contributed by atoms with Gasteiger partial charge in [-0.05, 0) is 58.7 Å². The molecule has 0 aliphatic heterocycles. The van der Waals surface area contributed by atoms with E-state index >= 15 is 0 Å². The fourth-order valence-electron chi connectivity index (χ4n) is 1.62. The van der Waals surface area contributed by atoms with Crippen LogP contribution in [0.2, 0.25) is 10.0 Å². The molecule has 0 aliphatic rings. The Hall–Kier alpha value is -0.950. The average Bonchev–Trinajstić information content (AvgIpc) is 2.39. The van der Waals surface area contributed by atoms with Gasteiger partial charge >= 0.3 is 0 Å². The summed E-state index contributed by atoms with van der Waals surface area (Å²) in [6.45, 7) is 1.83. The molecule has 2 aromatic carbocycles. The molecule has 0 bridgehead atoms. The first-order chi connectivity index (χ1) is 9.70. The summed E-state index contributed by atoms with van der Waals surface area (Å²) >= 11 is 14.9. The second-order valence-corrected chi connectivity index (χ2v) is 7.72. The van der Waals surface area contributed by atoms with Crippen molar-refractivity contribution in [1.82, 2.24) is 0 Å². The molecule has 3 N–H and O–H groups in total. The van der Waals surface area contributed by atoms with Crippen LogP contribution in [0.4, 0.5) is 11.4 Å². The summed E-state index contributed by atoms with van der Waals surface area (Å²) in [6.07, 6.45) is 0. The molecule has 4 nitrogen and oxygen atoms in total. The lowest BCUT2D eigenvalue weighted by Gasteiger charge is -2.12. The van der Waals surface area contributed by atoms with E-state index in [1.165, 1.54) is 18.2 Å². The maximum Gasteiger partial charge on any atom is 0.261 e. The SMILES string of the molecule is Cc1cc(Br)c(NS(=O)(=O)c2ccc(Cl)c(Cl)c2)cc1N. The monoisotopic (exact) mass is 408 g/mol. The molecule has 0 aromatic heterocycles. The molecule has 0 spiro atoms. The molecule has 8 heteroatoms. The van der Waals surface area contributed by atoms with Gasteiger partial charge in [-0.25, -0.2) is 8.42 Å². The number of halogens is 3. The lowest BCUT2D eigenvalue weighted by Crippen LogP contribution is -2.13. The lowest BCUT2D eigenvalue weighted by atomic mass is 10.2. The van der Waals surface area contributed by atoms with Crippen LogP contribution in [-0.4, -0.2) is 8.42 Å². The number of aryl methyl sites for hydroxylation is 1. The van der Waals surface area contributed by atoms with Crippen LogP contribution in [-0.2, 0) is 10.0 Å². The van der Waals surface area contributed by atoms with Gasteiger partial charge in [0.2, 0.25) is 0 Å². The number of nitrogen functional groups attached to an aromatic ring is 1. The Bertz CT molecular complexity index is 810. The summed E-state index contributed by atoms with van der Waals surface area (Å²) in [6, 6.07) is 7.38. The largest absolute Gasteiger partial charge is 0.398 e. The van der Waals surface area contributed by atoms with Crippen molar-refractivity contribution >= 4 is 60.5 Å². The van der Waals surface area contributed by atoms with Crippen LogP contribution < -0.4 is 10.5 Å². The van der Waals surface area contributed by atoms with E-state index in [9.17, 15) is 8.42 Å². The van der Waals surface area contributed by atoms with Crippen LogP contribution in [0.15, 0.2) is 39.7 Å². The molecule has 112 valence electrons. The predicted octanol–water partition coefficient (Wildman–Crippen LogP) is 4.45. The molecule has 2 rings (SSSR count). The summed E-state index contributed by atoms with van der Waals surface area (Å²) in [5, 5.41) is 0.457. The number of nitrogens with two attached hydrogens (primary N) is 1. The van der Waals surface area contributed by atoms with Gasteiger partial charge in [-0.2, -0.15) is 0 Å². The van der Waals surface area contributed by atoms with Crippen molar-refractivity contribution in [2.75, 3.05) is 10.5 Å². The van der Waals surface area contributed by atoms with Crippen molar-refractivity contribution < 1.29 is 8.42 Å². The summed E-state index contributed by atoms with van der Waals surface area (Å²) in [5.74, 6) is 0. The number of hydrogen-bond donors (Lipinski definition) is 2. The molecule has 0 amide bonds. The Morgan fingerprint density at radius 1 is 1.14 bits per heavy atom. The molecule has 2 aromatic rings. The van der Waals surface area contributed by atoms with Gasteiger partial charge in [0.15, 0.2) is 0 Å². The summed E-state index contributed by atoms with van der Waals surface area (Å²) in [4.78, 5) is 0.0166. The molecule has 0 atom stereocenters. The molecule has 0 fully saturated rings. The van der Waals surface area contributed by atoms with E-state index in [0.717, 1.165) is 5.56 Å². The van der Waals surface area contributed by atoms with Gasteiger partial charge in [0.05, 0.1) is 20.6 Å². The van der Waals surface area contributed by atoms with E-state index in [1.807, 2.05) is 6.92 Å². The third-order valence-corrected chi connectivity index (χ3v) is 5.56. The van der Waals surface area contributed by atoms with Gasteiger partial charge < -0.3 is 5.73 Å². The van der Waals surface area contributed by atoms with E-state index in [0.29, 0.717) is 15.8 Å². The maximum absolute atomic E-state index is 12.3. The molecule has 0 saturated heterocycles. The van der Waals surface area contributed by atoms with Crippen LogP contribution in [0.25, 0.3) is 0 Å². The van der Waals surface area contributed by atoms with Crippen LogP contribution in [0.5, 0.6) is 0 Å². The zero-order valence-corrected chi connectivity index (χ0v) is 14.7. The third kappa shape index (κ3) is 3.63. The van der Waals surface area contributed by atoms with Crippen molar-refractivity contribution in [1.29, 1.82) is 0 Å². The van der Waals surface area contributed by atoms with Crippen LogP contribution in [0.3, 0.4) is 0 Å². The van der Waals surface area contributed by atoms with Gasteiger partial charge in [0, 0.05) is 10.2 Å². The van der Waals surface area contributed by atoms with Gasteiger partial charge in [0.1, 0.15) is 0 Å². The lowest BCUT2D eigenvalue weighted by molar-refractivity contribution is 0.601. The minimum atomic E-state index is -3.78. The number of nitrogens with one attached hydrogen (secondary N) is 1. The fraction of sp³-hybridized carbons (Fsp3) is 0.0769. The zero-order chi connectivity index (χ0) is 15.8. The molecule has 21 heavy (non-hydrogen) atoms. The third-order valence-electron chi connectivity index (χ3n) is 2.80. The van der Waals surface area contributed by atoms with Crippen molar-refractivity contribution in [2.45, 2.75) is 11.8 Å². The highest BCUT2D eigenvalue weighted by atomic mass is 79.9. The van der Waals surface area contributed by atoms with E-state index in [1.54, 1.807) is 12.1 Å². The van der Waals surface area contributed by atoms with E-state index < -0.39 is 10.0 Å². The molecular weight excluding hydrogens is 399 g/mol. The topological polar surface area (TPSA) is 72.2 Å². The normalized spacial score (nSPS) is 11.4. The molecule has 0 unspecified atom stereocenters. The average molecular weight is 410 g/mol. The van der Waals surface area contributed by atoms with Crippen LogP contribution in [0, 0.1) is 6.92 Å². The van der Waals surface area contributed by atoms with Gasteiger partial charge in [0.25, 0.3) is 10.0 Å². The smallest absolute Gasteiger partial charge is 0.261 e. The van der Waals surface area contributed by atoms with Gasteiger partial charge in [-0.1, -0.05) is 23.2 Å². The van der Waals surface area contributed by atoms with E-state index in [2.05, 4.69) is 20.7 Å². The highest BCUT2D eigenvalue weighted by Gasteiger charge is 2.17. The zero-order valence-electron chi connectivity index (χ0n) is 10.8. The first kappa shape index (κ1) is 16.4. The number of rotatable bonds is 3. The predicted molar refractivity (Wildman–Crippen MR) is 90.6 cm³/mol. The van der Waals surface area contributed by atoms with Crippen LogP contribution >= 0.6 is 39.1 Å². The number of benzene rings is 2. The van der Waals surface area contributed by atoms with Crippen LogP contribution in [0.1, 0.15) is 5.56 Å². The molecule has 0 heterocycles. The molecular formula is C13H11BrCl2N2O2S. The maximum atomic E-state index is 12.3. The molecule has 0 saturated carbocycles. The summed E-state index contributed by atoms with van der Waals surface area (Å²) in [7, 11) is -3.78. The number of sulfonamides is 1. The Balaban J connectivity index is 2.42. The minimum Gasteiger partial charge on any atom is -0.398 e. The van der Waals surface area contributed by atoms with Crippen molar-refractivity contribution in [3.8, 4) is 0 Å². The Morgan fingerprint density at radius 3 is 2.43 bits per heavy atom. The van der Waals surface area contributed by atoms with E-state index in [4.69, 9.17) is 28.9 Å². The minimum absolute atomic E-state index is 0.0166. The Labute approximate surface area is 141 Å². The Kier molecular flexibility index (Phi) is 4.72. The highest BCUT2D eigenvalue weighted by Crippen LogP contribution is 2.31. The summed E-state index contributed by atoms with van der Waals surface area (Å²) < 4.78 is 27.7. The highest BCUT2D eigenvalue weighted by molar-refractivity contribution is 9.10. The molecule has 0 radical (unpaired) electrons. The molecule has 0 aliphatic carbocycles. The van der Waals surface area contributed by atoms with Crippen molar-refractivity contribution in [2.24, 2.45) is 0 Å². The fourth-order valence-corrected chi connectivity index (χ4v) is 3.76. The second-order valence-electron chi connectivity index (χ2n) is 4.37. The van der Waals surface area contributed by atoms with E-state index in [-0.39, 0.29) is 14.9 Å². The number of hydrogen-bond acceptors (Lipinski definition) is 3. The number of anilines is 2.